The third kappa shape index (κ3) is 2.90. The molecule has 1 aromatic heterocycles. The van der Waals surface area contributed by atoms with E-state index in [0.717, 1.165) is 34.5 Å². The summed E-state index contributed by atoms with van der Waals surface area (Å²) in [5, 5.41) is 9.91. The molecule has 0 atom stereocenters. The first-order chi connectivity index (χ1) is 8.20. The molecule has 4 heteroatoms. The summed E-state index contributed by atoms with van der Waals surface area (Å²) in [4.78, 5) is 5.68. The molecule has 0 fully saturated rings. The van der Waals surface area contributed by atoms with E-state index in [1.807, 2.05) is 25.1 Å². The molecular weight excluding hydrogens is 232 g/mol. The van der Waals surface area contributed by atoms with Gasteiger partial charge < -0.3 is 10.8 Å². The van der Waals surface area contributed by atoms with E-state index in [1.54, 1.807) is 11.8 Å². The number of rotatable bonds is 4. The Labute approximate surface area is 105 Å². The third-order valence-electron chi connectivity index (χ3n) is 2.48. The number of hydrogen-bond donors (Lipinski definition) is 2. The van der Waals surface area contributed by atoms with Crippen molar-refractivity contribution in [3.8, 4) is 0 Å². The topological polar surface area (TPSA) is 59.1 Å². The van der Waals surface area contributed by atoms with Crippen molar-refractivity contribution in [3.63, 3.8) is 0 Å². The summed E-state index contributed by atoms with van der Waals surface area (Å²) in [6.45, 7) is 2.23. The van der Waals surface area contributed by atoms with Gasteiger partial charge in [-0.15, -0.1) is 11.8 Å². The smallest absolute Gasteiger partial charge is 0.0717 e. The summed E-state index contributed by atoms with van der Waals surface area (Å²) in [5.74, 6) is 0.907. The number of aromatic nitrogens is 1. The first-order valence-electron chi connectivity index (χ1n) is 5.61. The molecule has 0 aliphatic heterocycles. The Morgan fingerprint density at radius 1 is 1.35 bits per heavy atom. The largest absolute Gasteiger partial charge is 0.399 e. The zero-order valence-electron chi connectivity index (χ0n) is 9.81. The number of hydrogen-bond acceptors (Lipinski definition) is 4. The number of nitrogens with two attached hydrogens (primary N) is 1. The SMILES string of the molecule is Cc1cc(SCCCO)c2cc(N)ccc2n1. The van der Waals surface area contributed by atoms with Crippen LogP contribution in [0.15, 0.2) is 29.2 Å². The lowest BCUT2D eigenvalue weighted by atomic mass is 10.2. The van der Waals surface area contributed by atoms with Gasteiger partial charge in [-0.3, -0.25) is 4.98 Å². The highest BCUT2D eigenvalue weighted by Gasteiger charge is 2.05. The van der Waals surface area contributed by atoms with Crippen LogP contribution in [0.3, 0.4) is 0 Å². The number of aryl methyl sites for hydroxylation is 1. The number of thioether (sulfide) groups is 1. The summed E-state index contributed by atoms with van der Waals surface area (Å²) in [6, 6.07) is 7.86. The maximum Gasteiger partial charge on any atom is 0.0717 e. The van der Waals surface area contributed by atoms with E-state index >= 15 is 0 Å². The highest BCUT2D eigenvalue weighted by molar-refractivity contribution is 7.99. The lowest BCUT2D eigenvalue weighted by Crippen LogP contribution is -1.91. The van der Waals surface area contributed by atoms with Gasteiger partial charge in [-0.1, -0.05) is 0 Å². The summed E-state index contributed by atoms with van der Waals surface area (Å²) < 4.78 is 0. The zero-order valence-corrected chi connectivity index (χ0v) is 10.6. The normalized spacial score (nSPS) is 10.9. The highest BCUT2D eigenvalue weighted by Crippen LogP contribution is 2.29. The van der Waals surface area contributed by atoms with Crippen molar-refractivity contribution in [1.29, 1.82) is 0 Å². The van der Waals surface area contributed by atoms with Gasteiger partial charge in [-0.25, -0.2) is 0 Å². The standard InChI is InChI=1S/C13H16N2OS/c1-9-7-13(17-6-2-5-16)11-8-10(14)3-4-12(11)15-9/h3-4,7-8,16H,2,5-6,14H2,1H3. The van der Waals surface area contributed by atoms with Gasteiger partial charge in [-0.05, 0) is 37.6 Å². The van der Waals surface area contributed by atoms with Crippen molar-refractivity contribution in [2.45, 2.75) is 18.2 Å². The van der Waals surface area contributed by atoms with E-state index < -0.39 is 0 Å². The van der Waals surface area contributed by atoms with Gasteiger partial charge in [0.1, 0.15) is 0 Å². The third-order valence-corrected chi connectivity index (χ3v) is 3.62. The molecule has 1 heterocycles. The fraction of sp³-hybridized carbons (Fsp3) is 0.308. The first kappa shape index (κ1) is 12.2. The van der Waals surface area contributed by atoms with E-state index in [2.05, 4.69) is 11.1 Å². The van der Waals surface area contributed by atoms with Crippen LogP contribution in [0.4, 0.5) is 5.69 Å². The van der Waals surface area contributed by atoms with Crippen LogP contribution in [0.1, 0.15) is 12.1 Å². The lowest BCUT2D eigenvalue weighted by molar-refractivity contribution is 0.296. The number of aliphatic hydroxyl groups excluding tert-OH is 1. The maximum atomic E-state index is 8.81. The Morgan fingerprint density at radius 3 is 2.94 bits per heavy atom. The fourth-order valence-electron chi connectivity index (χ4n) is 1.70. The molecule has 0 saturated carbocycles. The number of nitrogen functional groups attached to an aromatic ring is 1. The molecule has 1 aromatic carbocycles. The molecular formula is C13H16N2OS. The van der Waals surface area contributed by atoms with Crippen LogP contribution in [0.25, 0.3) is 10.9 Å². The minimum atomic E-state index is 0.233. The van der Waals surface area contributed by atoms with Gasteiger partial charge in [0.25, 0.3) is 0 Å². The number of fused-ring (bicyclic) bond motifs is 1. The molecule has 0 aliphatic rings. The second-order valence-corrected chi connectivity index (χ2v) is 5.10. The minimum absolute atomic E-state index is 0.233. The van der Waals surface area contributed by atoms with Crippen molar-refractivity contribution in [2.75, 3.05) is 18.1 Å². The highest BCUT2D eigenvalue weighted by atomic mass is 32.2. The molecule has 0 radical (unpaired) electrons. The van der Waals surface area contributed by atoms with Gasteiger partial charge in [0.05, 0.1) is 5.52 Å². The molecule has 0 unspecified atom stereocenters. The molecule has 0 amide bonds. The number of pyridine rings is 1. The van der Waals surface area contributed by atoms with Crippen LogP contribution >= 0.6 is 11.8 Å². The van der Waals surface area contributed by atoms with Crippen LogP contribution in [0.5, 0.6) is 0 Å². The van der Waals surface area contributed by atoms with Crippen LogP contribution in [0, 0.1) is 6.92 Å². The van der Waals surface area contributed by atoms with E-state index in [-0.39, 0.29) is 6.61 Å². The summed E-state index contributed by atoms with van der Waals surface area (Å²) >= 11 is 1.74. The average molecular weight is 248 g/mol. The first-order valence-corrected chi connectivity index (χ1v) is 6.60. The van der Waals surface area contributed by atoms with Crippen LogP contribution in [-0.4, -0.2) is 22.5 Å². The Balaban J connectivity index is 2.40. The Bertz CT molecular complexity index is 528. The monoisotopic (exact) mass is 248 g/mol. The van der Waals surface area contributed by atoms with Gasteiger partial charge in [-0.2, -0.15) is 0 Å². The summed E-state index contributed by atoms with van der Waals surface area (Å²) in [5.41, 5.74) is 8.55. The second-order valence-electron chi connectivity index (χ2n) is 3.96. The molecule has 2 aromatic rings. The number of nitrogens with zero attached hydrogens (tertiary/aromatic N) is 1. The van der Waals surface area contributed by atoms with E-state index in [0.29, 0.717) is 0 Å². The molecule has 17 heavy (non-hydrogen) atoms. The van der Waals surface area contributed by atoms with Crippen molar-refractivity contribution in [1.82, 2.24) is 4.98 Å². The predicted octanol–water partition coefficient (Wildman–Crippen LogP) is 2.60. The Morgan fingerprint density at radius 2 is 2.18 bits per heavy atom. The molecule has 90 valence electrons. The molecule has 0 saturated heterocycles. The zero-order chi connectivity index (χ0) is 12.3. The summed E-state index contributed by atoms with van der Waals surface area (Å²) in [6.07, 6.45) is 0.801. The van der Waals surface area contributed by atoms with Crippen LogP contribution in [0.2, 0.25) is 0 Å². The Kier molecular flexibility index (Phi) is 3.86. The quantitative estimate of drug-likeness (QED) is 0.496. The average Bonchev–Trinajstić information content (AvgIpc) is 2.30. The van der Waals surface area contributed by atoms with E-state index in [4.69, 9.17) is 10.8 Å². The second kappa shape index (κ2) is 5.38. The van der Waals surface area contributed by atoms with Crippen molar-refractivity contribution in [3.05, 3.63) is 30.0 Å². The molecule has 2 rings (SSSR count). The van der Waals surface area contributed by atoms with Gasteiger partial charge in [0.15, 0.2) is 0 Å². The lowest BCUT2D eigenvalue weighted by Gasteiger charge is -2.08. The van der Waals surface area contributed by atoms with Gasteiger partial charge in [0.2, 0.25) is 0 Å². The molecule has 0 aliphatic carbocycles. The van der Waals surface area contributed by atoms with Crippen molar-refractivity contribution < 1.29 is 5.11 Å². The van der Waals surface area contributed by atoms with E-state index in [9.17, 15) is 0 Å². The van der Waals surface area contributed by atoms with Gasteiger partial charge in [0, 0.05) is 34.0 Å². The van der Waals surface area contributed by atoms with Gasteiger partial charge >= 0.3 is 0 Å². The fourth-order valence-corrected chi connectivity index (χ4v) is 2.77. The molecule has 3 N–H and O–H groups in total. The van der Waals surface area contributed by atoms with Crippen LogP contribution in [-0.2, 0) is 0 Å². The van der Waals surface area contributed by atoms with Crippen LogP contribution < -0.4 is 5.73 Å². The number of benzene rings is 1. The molecule has 0 spiro atoms. The summed E-state index contributed by atoms with van der Waals surface area (Å²) in [7, 11) is 0. The number of anilines is 1. The van der Waals surface area contributed by atoms with E-state index in [1.165, 1.54) is 4.90 Å². The maximum absolute atomic E-state index is 8.81. The number of aliphatic hydroxyl groups is 1. The van der Waals surface area contributed by atoms with Crippen molar-refractivity contribution >= 4 is 28.4 Å². The predicted molar refractivity (Wildman–Crippen MR) is 73.3 cm³/mol. The van der Waals surface area contributed by atoms with Crippen molar-refractivity contribution in [2.24, 2.45) is 0 Å². The molecule has 3 nitrogen and oxygen atoms in total. The molecule has 0 bridgehead atoms. The Hall–Kier alpha value is -1.26. The minimum Gasteiger partial charge on any atom is -0.399 e.